The predicted octanol–water partition coefficient (Wildman–Crippen LogP) is 1.67. The summed E-state index contributed by atoms with van der Waals surface area (Å²) in [5.41, 5.74) is -0.998. The zero-order valence-electron chi connectivity index (χ0n) is 14.1. The number of hydrogen-bond acceptors (Lipinski definition) is 4. The summed E-state index contributed by atoms with van der Waals surface area (Å²) < 4.78 is 26.0. The van der Waals surface area contributed by atoms with E-state index in [1.54, 1.807) is 6.92 Å². The fourth-order valence-corrected chi connectivity index (χ4v) is 4.04. The van der Waals surface area contributed by atoms with E-state index in [0.717, 1.165) is 4.31 Å². The summed E-state index contributed by atoms with van der Waals surface area (Å²) in [5, 5.41) is 9.74. The average molecular weight is 389 g/mol. The summed E-state index contributed by atoms with van der Waals surface area (Å²) in [6.07, 6.45) is 1.06. The van der Waals surface area contributed by atoms with Crippen molar-refractivity contribution in [2.75, 3.05) is 26.7 Å². The SMILES string of the molecule is CN(CC(=O)N1CCCC(C)(C(=O)O)C1)S(=O)(=O)c1ccc(Cl)cc1. The van der Waals surface area contributed by atoms with Gasteiger partial charge < -0.3 is 10.0 Å². The number of nitrogens with zero attached hydrogens (tertiary/aromatic N) is 2. The number of likely N-dealkylation sites (N-methyl/N-ethyl adjacent to an activating group) is 1. The second-order valence-corrected chi connectivity index (χ2v) is 8.98. The molecule has 2 rings (SSSR count). The zero-order chi connectivity index (χ0) is 18.8. The van der Waals surface area contributed by atoms with E-state index in [1.165, 1.54) is 36.2 Å². The van der Waals surface area contributed by atoms with Gasteiger partial charge in [-0.1, -0.05) is 11.6 Å². The molecule has 1 amide bonds. The van der Waals surface area contributed by atoms with Gasteiger partial charge in [-0.2, -0.15) is 4.31 Å². The van der Waals surface area contributed by atoms with Crippen LogP contribution in [0.2, 0.25) is 5.02 Å². The lowest BCUT2D eigenvalue weighted by Crippen LogP contribution is -2.51. The minimum atomic E-state index is -3.82. The lowest BCUT2D eigenvalue weighted by molar-refractivity contribution is -0.153. The summed E-state index contributed by atoms with van der Waals surface area (Å²) in [6, 6.07) is 5.68. The van der Waals surface area contributed by atoms with Gasteiger partial charge in [0.1, 0.15) is 0 Å². The quantitative estimate of drug-likeness (QED) is 0.827. The molecule has 138 valence electrons. The third-order valence-corrected chi connectivity index (χ3v) is 6.51. The minimum Gasteiger partial charge on any atom is -0.481 e. The molecule has 0 spiro atoms. The first-order valence-electron chi connectivity index (χ1n) is 7.79. The van der Waals surface area contributed by atoms with Crippen molar-refractivity contribution in [3.63, 3.8) is 0 Å². The normalized spacial score (nSPS) is 21.4. The number of halogens is 1. The van der Waals surface area contributed by atoms with E-state index in [0.29, 0.717) is 24.4 Å². The van der Waals surface area contributed by atoms with Gasteiger partial charge in [-0.05, 0) is 44.0 Å². The second-order valence-electron chi connectivity index (χ2n) is 6.50. The van der Waals surface area contributed by atoms with E-state index in [9.17, 15) is 23.1 Å². The number of aliphatic carboxylic acids is 1. The van der Waals surface area contributed by atoms with Gasteiger partial charge in [-0.3, -0.25) is 9.59 Å². The molecule has 0 aromatic heterocycles. The Labute approximate surface area is 152 Å². The Bertz CT molecular complexity index is 765. The highest BCUT2D eigenvalue weighted by atomic mass is 35.5. The minimum absolute atomic E-state index is 0.0428. The predicted molar refractivity (Wildman–Crippen MR) is 92.8 cm³/mol. The van der Waals surface area contributed by atoms with Crippen LogP contribution in [0.15, 0.2) is 29.2 Å². The van der Waals surface area contributed by atoms with Gasteiger partial charge >= 0.3 is 5.97 Å². The molecule has 1 aromatic carbocycles. The van der Waals surface area contributed by atoms with Gasteiger partial charge in [-0.25, -0.2) is 8.42 Å². The van der Waals surface area contributed by atoms with Crippen molar-refractivity contribution in [2.45, 2.75) is 24.7 Å². The van der Waals surface area contributed by atoms with Crippen LogP contribution >= 0.6 is 11.6 Å². The molecule has 7 nitrogen and oxygen atoms in total. The van der Waals surface area contributed by atoms with Crippen molar-refractivity contribution in [2.24, 2.45) is 5.41 Å². The van der Waals surface area contributed by atoms with Crippen LogP contribution < -0.4 is 0 Å². The maximum Gasteiger partial charge on any atom is 0.311 e. The number of amides is 1. The topological polar surface area (TPSA) is 95.0 Å². The third kappa shape index (κ3) is 4.31. The molecule has 1 aromatic rings. The van der Waals surface area contributed by atoms with Gasteiger partial charge in [0.2, 0.25) is 15.9 Å². The number of likely N-dealkylation sites (tertiary alicyclic amines) is 1. The fraction of sp³-hybridized carbons (Fsp3) is 0.500. The van der Waals surface area contributed by atoms with E-state index in [2.05, 4.69) is 0 Å². The Morgan fingerprint density at radius 1 is 1.32 bits per heavy atom. The first-order valence-corrected chi connectivity index (χ1v) is 9.61. The molecule has 1 aliphatic heterocycles. The van der Waals surface area contributed by atoms with Gasteiger partial charge in [0.15, 0.2) is 0 Å². The van der Waals surface area contributed by atoms with Crippen LogP contribution in [0.25, 0.3) is 0 Å². The number of carbonyl (C=O) groups excluding carboxylic acids is 1. The monoisotopic (exact) mass is 388 g/mol. The first-order chi connectivity index (χ1) is 11.6. The molecular formula is C16H21ClN2O5S. The maximum atomic E-state index is 12.5. The van der Waals surface area contributed by atoms with Crippen molar-refractivity contribution < 1.29 is 23.1 Å². The molecule has 1 unspecified atom stereocenters. The largest absolute Gasteiger partial charge is 0.481 e. The lowest BCUT2D eigenvalue weighted by Gasteiger charge is -2.38. The molecule has 1 aliphatic rings. The Morgan fingerprint density at radius 3 is 2.48 bits per heavy atom. The van der Waals surface area contributed by atoms with Crippen LogP contribution in [0.5, 0.6) is 0 Å². The summed E-state index contributed by atoms with van der Waals surface area (Å²) >= 11 is 5.76. The van der Waals surface area contributed by atoms with Crippen LogP contribution in [-0.2, 0) is 19.6 Å². The Kier molecular flexibility index (Phi) is 5.75. The number of carboxylic acid groups (broad SMARTS) is 1. The van der Waals surface area contributed by atoms with Crippen LogP contribution in [0.4, 0.5) is 0 Å². The van der Waals surface area contributed by atoms with Crippen LogP contribution in [-0.4, -0.2) is 61.3 Å². The second kappa shape index (κ2) is 7.31. The maximum absolute atomic E-state index is 12.5. The molecule has 1 atom stereocenters. The van der Waals surface area contributed by atoms with Crippen LogP contribution in [0.1, 0.15) is 19.8 Å². The fourth-order valence-electron chi connectivity index (χ4n) is 2.79. The van der Waals surface area contributed by atoms with E-state index in [1.807, 2.05) is 0 Å². The summed E-state index contributed by atoms with van der Waals surface area (Å²) in [7, 11) is -2.50. The molecule has 0 radical (unpaired) electrons. The van der Waals surface area contributed by atoms with Crippen molar-refractivity contribution in [3.8, 4) is 0 Å². The first kappa shape index (κ1) is 19.7. The van der Waals surface area contributed by atoms with Crippen molar-refractivity contribution in [1.82, 2.24) is 9.21 Å². The molecule has 9 heteroatoms. The molecule has 1 fully saturated rings. The van der Waals surface area contributed by atoms with Crippen LogP contribution in [0, 0.1) is 5.41 Å². The summed E-state index contributed by atoms with van der Waals surface area (Å²) in [5.74, 6) is -1.36. The number of piperidine rings is 1. The number of sulfonamides is 1. The Hall–Kier alpha value is -1.64. The van der Waals surface area contributed by atoms with E-state index in [4.69, 9.17) is 11.6 Å². The molecule has 0 aliphatic carbocycles. The number of hydrogen-bond donors (Lipinski definition) is 1. The molecule has 1 saturated heterocycles. The van der Waals surface area contributed by atoms with Gasteiger partial charge in [0.05, 0.1) is 16.9 Å². The van der Waals surface area contributed by atoms with Crippen LogP contribution in [0.3, 0.4) is 0 Å². The number of rotatable bonds is 5. The molecule has 1 N–H and O–H groups in total. The number of carboxylic acids is 1. The Balaban J connectivity index is 2.09. The van der Waals surface area contributed by atoms with Gasteiger partial charge in [0.25, 0.3) is 0 Å². The third-order valence-electron chi connectivity index (χ3n) is 4.45. The highest BCUT2D eigenvalue weighted by Gasteiger charge is 2.39. The zero-order valence-corrected chi connectivity index (χ0v) is 15.7. The average Bonchev–Trinajstić information content (AvgIpc) is 2.55. The number of carbonyl (C=O) groups is 2. The van der Waals surface area contributed by atoms with Crippen molar-refractivity contribution in [3.05, 3.63) is 29.3 Å². The van der Waals surface area contributed by atoms with E-state index >= 15 is 0 Å². The van der Waals surface area contributed by atoms with Gasteiger partial charge in [0, 0.05) is 25.2 Å². The molecule has 0 bridgehead atoms. The number of benzene rings is 1. The summed E-state index contributed by atoms with van der Waals surface area (Å²) in [4.78, 5) is 25.3. The molecule has 1 heterocycles. The smallest absolute Gasteiger partial charge is 0.311 e. The highest BCUT2D eigenvalue weighted by Crippen LogP contribution is 2.30. The van der Waals surface area contributed by atoms with Crippen molar-refractivity contribution in [1.29, 1.82) is 0 Å². The standard InChI is InChI=1S/C16H21ClN2O5S/c1-16(15(21)22)8-3-9-19(11-16)14(20)10-18(2)25(23,24)13-6-4-12(17)5-7-13/h4-7H,3,8-11H2,1-2H3,(H,21,22). The highest BCUT2D eigenvalue weighted by molar-refractivity contribution is 7.89. The summed E-state index contributed by atoms with van der Waals surface area (Å²) in [6.45, 7) is 1.76. The lowest BCUT2D eigenvalue weighted by atomic mass is 9.82. The van der Waals surface area contributed by atoms with E-state index in [-0.39, 0.29) is 18.0 Å². The van der Waals surface area contributed by atoms with Gasteiger partial charge in [-0.15, -0.1) is 0 Å². The molecule has 0 saturated carbocycles. The Morgan fingerprint density at radius 2 is 1.92 bits per heavy atom. The van der Waals surface area contributed by atoms with Crippen molar-refractivity contribution >= 4 is 33.5 Å². The molecular weight excluding hydrogens is 368 g/mol. The molecule has 25 heavy (non-hydrogen) atoms. The van der Waals surface area contributed by atoms with E-state index < -0.39 is 27.3 Å².